The van der Waals surface area contributed by atoms with E-state index in [4.69, 9.17) is 9.40 Å². The number of furan rings is 1. The number of benzene rings is 2. The van der Waals surface area contributed by atoms with Gasteiger partial charge in [0.25, 0.3) is 5.56 Å². The van der Waals surface area contributed by atoms with Crippen molar-refractivity contribution in [3.05, 3.63) is 64.4 Å². The predicted molar refractivity (Wildman–Crippen MR) is 130 cm³/mol. The number of hydrogen-bond acceptors (Lipinski definition) is 7. The van der Waals surface area contributed by atoms with E-state index in [1.807, 2.05) is 24.3 Å². The Morgan fingerprint density at radius 1 is 1.15 bits per heavy atom. The Hall–Kier alpha value is -3.59. The number of nitrogens with zero attached hydrogens (tertiary/aromatic N) is 2. The predicted octanol–water partition coefficient (Wildman–Crippen LogP) is 4.78. The summed E-state index contributed by atoms with van der Waals surface area (Å²) in [6.07, 6.45) is 3.92. The van der Waals surface area contributed by atoms with Crippen LogP contribution in [0.1, 0.15) is 42.1 Å². The molecular formula is C25H23N3O5S. The fraction of sp³-hybridized carbons (Fsp3) is 0.280. The Morgan fingerprint density at radius 3 is 2.62 bits per heavy atom. The van der Waals surface area contributed by atoms with E-state index in [1.165, 1.54) is 18.9 Å². The number of carbonyl (C=O) groups is 2. The summed E-state index contributed by atoms with van der Waals surface area (Å²) in [5, 5.41) is 4.12. The van der Waals surface area contributed by atoms with Crippen LogP contribution in [0.15, 0.2) is 62.9 Å². The van der Waals surface area contributed by atoms with Crippen LogP contribution in [0, 0.1) is 0 Å². The van der Waals surface area contributed by atoms with Crippen LogP contribution >= 0.6 is 11.8 Å². The van der Waals surface area contributed by atoms with Gasteiger partial charge in [0.15, 0.2) is 5.16 Å². The molecule has 0 atom stereocenters. The molecule has 2 aromatic carbocycles. The minimum atomic E-state index is -0.438. The van der Waals surface area contributed by atoms with Crippen molar-refractivity contribution in [3.63, 3.8) is 0 Å². The third-order valence-corrected chi connectivity index (χ3v) is 6.96. The molecular weight excluding hydrogens is 454 g/mol. The zero-order valence-corrected chi connectivity index (χ0v) is 19.4. The highest BCUT2D eigenvalue weighted by Gasteiger charge is 2.25. The number of anilines is 1. The van der Waals surface area contributed by atoms with Crippen molar-refractivity contribution in [2.24, 2.45) is 0 Å². The summed E-state index contributed by atoms with van der Waals surface area (Å²) in [7, 11) is 1.32. The van der Waals surface area contributed by atoms with Crippen LogP contribution in [0.25, 0.3) is 22.1 Å². The molecule has 1 aliphatic rings. The first kappa shape index (κ1) is 22.2. The zero-order valence-electron chi connectivity index (χ0n) is 18.6. The first-order chi connectivity index (χ1) is 16.5. The Labute approximate surface area is 199 Å². The fourth-order valence-electron chi connectivity index (χ4n) is 4.35. The molecule has 0 spiro atoms. The zero-order chi connectivity index (χ0) is 23.7. The summed E-state index contributed by atoms with van der Waals surface area (Å²) in [6, 6.07) is 14.0. The number of ether oxygens (including phenoxy) is 1. The maximum absolute atomic E-state index is 13.4. The van der Waals surface area contributed by atoms with Crippen LogP contribution in [-0.4, -0.2) is 34.3 Å². The van der Waals surface area contributed by atoms with Crippen LogP contribution in [0.2, 0.25) is 0 Å². The average Bonchev–Trinajstić information content (AvgIpc) is 3.51. The lowest BCUT2D eigenvalue weighted by Gasteiger charge is -2.17. The topological polar surface area (TPSA) is 103 Å². The molecule has 5 rings (SSSR count). The van der Waals surface area contributed by atoms with Gasteiger partial charge in [0.2, 0.25) is 11.5 Å². The van der Waals surface area contributed by atoms with E-state index in [1.54, 1.807) is 28.8 Å². The summed E-state index contributed by atoms with van der Waals surface area (Å²) < 4.78 is 12.3. The summed E-state index contributed by atoms with van der Waals surface area (Å²) in [6.45, 7) is 0. The number of aromatic nitrogens is 2. The number of amides is 1. The molecule has 8 nitrogen and oxygen atoms in total. The smallest absolute Gasteiger partial charge is 0.337 e. The molecule has 0 aliphatic heterocycles. The minimum absolute atomic E-state index is 0.0500. The van der Waals surface area contributed by atoms with Gasteiger partial charge in [-0.05, 0) is 49.2 Å². The van der Waals surface area contributed by atoms with E-state index in [9.17, 15) is 14.4 Å². The number of nitrogens with one attached hydrogen (secondary N) is 1. The number of esters is 1. The molecule has 0 radical (unpaired) electrons. The molecule has 1 amide bonds. The van der Waals surface area contributed by atoms with E-state index in [2.05, 4.69) is 10.1 Å². The summed E-state index contributed by atoms with van der Waals surface area (Å²) in [5.41, 5.74) is 2.17. The minimum Gasteiger partial charge on any atom is -0.465 e. The molecule has 2 heterocycles. The van der Waals surface area contributed by atoms with Crippen LogP contribution < -0.4 is 10.9 Å². The second-order valence-corrected chi connectivity index (χ2v) is 9.13. The highest BCUT2D eigenvalue weighted by atomic mass is 32.2. The van der Waals surface area contributed by atoms with Crippen molar-refractivity contribution in [1.82, 2.24) is 9.55 Å². The molecule has 0 unspecified atom stereocenters. The third kappa shape index (κ3) is 4.19. The van der Waals surface area contributed by atoms with Crippen LogP contribution in [0.3, 0.4) is 0 Å². The lowest BCUT2D eigenvalue weighted by molar-refractivity contribution is -0.113. The quantitative estimate of drug-likeness (QED) is 0.242. The highest BCUT2D eigenvalue weighted by Crippen LogP contribution is 2.34. The number of thioether (sulfide) groups is 1. The lowest BCUT2D eigenvalue weighted by Crippen LogP contribution is -2.26. The molecule has 2 aromatic heterocycles. The third-order valence-electron chi connectivity index (χ3n) is 6.01. The van der Waals surface area contributed by atoms with Gasteiger partial charge in [-0.25, -0.2) is 9.78 Å². The van der Waals surface area contributed by atoms with Gasteiger partial charge in [-0.3, -0.25) is 14.2 Å². The van der Waals surface area contributed by atoms with Gasteiger partial charge in [-0.15, -0.1) is 0 Å². The molecule has 0 bridgehead atoms. The molecule has 1 N–H and O–H groups in total. The fourth-order valence-corrected chi connectivity index (χ4v) is 5.21. The van der Waals surface area contributed by atoms with Gasteiger partial charge in [-0.2, -0.15) is 0 Å². The van der Waals surface area contributed by atoms with Gasteiger partial charge < -0.3 is 14.5 Å². The maximum Gasteiger partial charge on any atom is 0.337 e. The van der Waals surface area contributed by atoms with Crippen molar-refractivity contribution in [1.29, 1.82) is 0 Å². The SMILES string of the molecule is COC(=O)c1ccc(NC(=O)CSc2nc3c(oc4ccccc43)c(=O)n2C2CCCC2)cc1. The maximum atomic E-state index is 13.4. The average molecular weight is 478 g/mol. The standard InChI is InChI=1S/C25H23N3O5S/c1-32-24(31)15-10-12-16(13-11-15)26-20(29)14-34-25-27-21-18-8-4-5-9-19(18)33-22(21)23(30)28(25)17-6-2-3-7-17/h4-5,8-13,17H,2-3,6-7,14H2,1H3,(H,26,29). The molecule has 1 fully saturated rings. The van der Waals surface area contributed by atoms with Gasteiger partial charge >= 0.3 is 5.97 Å². The van der Waals surface area contributed by atoms with E-state index in [-0.39, 0.29) is 28.8 Å². The monoisotopic (exact) mass is 477 g/mol. The van der Waals surface area contributed by atoms with Gasteiger partial charge in [0.05, 0.1) is 18.4 Å². The number of para-hydroxylation sites is 1. The molecule has 4 aromatic rings. The molecule has 1 aliphatic carbocycles. The molecule has 1 saturated carbocycles. The number of rotatable bonds is 6. The van der Waals surface area contributed by atoms with Crippen molar-refractivity contribution < 1.29 is 18.7 Å². The normalized spacial score (nSPS) is 14.0. The Kier molecular flexibility index (Phi) is 6.10. The van der Waals surface area contributed by atoms with Gasteiger partial charge in [0.1, 0.15) is 11.1 Å². The summed E-state index contributed by atoms with van der Waals surface area (Å²) in [4.78, 5) is 42.4. The first-order valence-corrected chi connectivity index (χ1v) is 12.1. The molecule has 174 valence electrons. The molecule has 9 heteroatoms. The van der Waals surface area contributed by atoms with Crippen LogP contribution in [-0.2, 0) is 9.53 Å². The van der Waals surface area contributed by atoms with E-state index < -0.39 is 5.97 Å². The Morgan fingerprint density at radius 2 is 1.88 bits per heavy atom. The highest BCUT2D eigenvalue weighted by molar-refractivity contribution is 7.99. The van der Waals surface area contributed by atoms with Crippen molar-refractivity contribution >= 4 is 51.4 Å². The number of carbonyl (C=O) groups excluding carboxylic acids is 2. The summed E-state index contributed by atoms with van der Waals surface area (Å²) in [5.74, 6) is -0.592. The Balaban J connectivity index is 1.41. The van der Waals surface area contributed by atoms with Crippen molar-refractivity contribution in [2.45, 2.75) is 36.9 Å². The van der Waals surface area contributed by atoms with E-state index in [0.29, 0.717) is 27.5 Å². The largest absolute Gasteiger partial charge is 0.465 e. The number of methoxy groups -OCH3 is 1. The van der Waals surface area contributed by atoms with Gasteiger partial charge in [-0.1, -0.05) is 36.7 Å². The first-order valence-electron chi connectivity index (χ1n) is 11.1. The Bertz CT molecular complexity index is 1430. The number of hydrogen-bond donors (Lipinski definition) is 1. The molecule has 34 heavy (non-hydrogen) atoms. The van der Waals surface area contributed by atoms with Gasteiger partial charge in [0, 0.05) is 17.1 Å². The van der Waals surface area contributed by atoms with E-state index in [0.717, 1.165) is 31.1 Å². The van der Waals surface area contributed by atoms with Crippen molar-refractivity contribution in [2.75, 3.05) is 18.2 Å². The number of fused-ring (bicyclic) bond motifs is 3. The lowest BCUT2D eigenvalue weighted by atomic mass is 10.2. The second-order valence-electron chi connectivity index (χ2n) is 8.19. The van der Waals surface area contributed by atoms with Crippen LogP contribution in [0.4, 0.5) is 5.69 Å². The van der Waals surface area contributed by atoms with Crippen LogP contribution in [0.5, 0.6) is 0 Å². The van der Waals surface area contributed by atoms with Crippen molar-refractivity contribution in [3.8, 4) is 0 Å². The second kappa shape index (κ2) is 9.34. The van der Waals surface area contributed by atoms with E-state index >= 15 is 0 Å². The molecule has 0 saturated heterocycles. The summed E-state index contributed by atoms with van der Waals surface area (Å²) >= 11 is 1.24.